The molecule has 1 fully saturated rings. The Morgan fingerprint density at radius 2 is 1.32 bits per heavy atom. The molecular formula is C39H35N5O13P2-2. The summed E-state index contributed by atoms with van der Waals surface area (Å²) in [6.45, 7) is 0.340. The van der Waals surface area contributed by atoms with Crippen LogP contribution >= 0.6 is 15.6 Å². The number of carbonyl (C=O) groups excluding carboxylic acids is 2. The van der Waals surface area contributed by atoms with Gasteiger partial charge in [0.15, 0.2) is 18.4 Å². The molecule has 6 atom stereocenters. The molecule has 20 heteroatoms. The largest absolute Gasteiger partial charge is 0.756 e. The summed E-state index contributed by atoms with van der Waals surface area (Å²) in [5.41, 5.74) is 2.80. The predicted octanol–water partition coefficient (Wildman–Crippen LogP) is 5.79. The molecule has 306 valence electrons. The van der Waals surface area contributed by atoms with E-state index in [2.05, 4.69) is 19.9 Å². The molecule has 1 aliphatic rings. The van der Waals surface area contributed by atoms with Crippen molar-refractivity contribution < 1.29 is 56.1 Å². The van der Waals surface area contributed by atoms with E-state index in [4.69, 9.17) is 23.3 Å². The third kappa shape index (κ3) is 10.6. The van der Waals surface area contributed by atoms with Gasteiger partial charge in [0.1, 0.15) is 11.8 Å². The minimum Gasteiger partial charge on any atom is -0.756 e. The summed E-state index contributed by atoms with van der Waals surface area (Å²) in [5, 5.41) is 5.06. The molecule has 3 heterocycles. The van der Waals surface area contributed by atoms with Gasteiger partial charge >= 0.3 is 17.9 Å². The van der Waals surface area contributed by atoms with Gasteiger partial charge in [0, 0.05) is 29.3 Å². The maximum absolute atomic E-state index is 14.2. The van der Waals surface area contributed by atoms with Gasteiger partial charge in [-0.05, 0) is 42.8 Å². The average molecular weight is 844 g/mol. The van der Waals surface area contributed by atoms with Gasteiger partial charge in [-0.3, -0.25) is 28.7 Å². The third-order valence-electron chi connectivity index (χ3n) is 8.81. The number of benzene rings is 4. The Labute approximate surface area is 336 Å². The van der Waals surface area contributed by atoms with E-state index in [9.17, 15) is 33.3 Å². The first-order chi connectivity index (χ1) is 28.3. The number of ether oxygens (including phenoxy) is 3. The highest BCUT2D eigenvalue weighted by molar-refractivity contribution is 7.59. The minimum absolute atomic E-state index is 0.259. The lowest BCUT2D eigenvalue weighted by molar-refractivity contribution is -0.246. The minimum atomic E-state index is -5.75. The monoisotopic (exact) mass is 843 g/mol. The zero-order valence-corrected chi connectivity index (χ0v) is 32.8. The lowest BCUT2D eigenvalue weighted by atomic mass is 10.1. The molecule has 1 aliphatic heterocycles. The van der Waals surface area contributed by atoms with Gasteiger partial charge in [0.25, 0.3) is 15.6 Å². The predicted molar refractivity (Wildman–Crippen MR) is 208 cm³/mol. The van der Waals surface area contributed by atoms with Gasteiger partial charge in [-0.25, -0.2) is 23.7 Å². The van der Waals surface area contributed by atoms with Gasteiger partial charge in [-0.1, -0.05) is 96.6 Å². The zero-order chi connectivity index (χ0) is 41.6. The van der Waals surface area contributed by atoms with Crippen LogP contribution in [0.15, 0.2) is 139 Å². The number of imidazole rings is 1. The Morgan fingerprint density at radius 3 is 1.93 bits per heavy atom. The first-order valence-corrected chi connectivity index (χ1v) is 20.8. The van der Waals surface area contributed by atoms with Crippen LogP contribution in [0.4, 0.5) is 21.0 Å². The second-order valence-corrected chi connectivity index (χ2v) is 16.0. The van der Waals surface area contributed by atoms with Crippen molar-refractivity contribution in [3.8, 4) is 11.3 Å². The molecule has 1 saturated heterocycles. The van der Waals surface area contributed by atoms with Crippen molar-refractivity contribution in [3.05, 3.63) is 155 Å². The molecule has 59 heavy (non-hydrogen) atoms. The van der Waals surface area contributed by atoms with E-state index in [0.717, 1.165) is 15.7 Å². The van der Waals surface area contributed by atoms with Crippen LogP contribution in [0.2, 0.25) is 0 Å². The smallest absolute Gasteiger partial charge is 0.412 e. The molecule has 2 aromatic heterocycles. The van der Waals surface area contributed by atoms with Gasteiger partial charge < -0.3 is 33.0 Å². The first-order valence-electron chi connectivity index (χ1n) is 17.9. The molecule has 0 radical (unpaired) electrons. The second kappa shape index (κ2) is 17.9. The molecule has 0 spiro atoms. The van der Waals surface area contributed by atoms with Crippen LogP contribution in [0.5, 0.6) is 0 Å². The van der Waals surface area contributed by atoms with E-state index >= 15 is 0 Å². The average Bonchev–Trinajstić information content (AvgIpc) is 3.79. The van der Waals surface area contributed by atoms with Crippen molar-refractivity contribution in [2.75, 3.05) is 17.2 Å². The summed E-state index contributed by atoms with van der Waals surface area (Å²) in [4.78, 5) is 70.9. The molecule has 2 amide bonds. The normalized spacial score (nSPS) is 19.6. The van der Waals surface area contributed by atoms with Crippen LogP contribution in [-0.4, -0.2) is 51.1 Å². The Hall–Kier alpha value is -5.94. The number of hydrogen-bond donors (Lipinski definition) is 2. The molecule has 7 rings (SSSR count). The van der Waals surface area contributed by atoms with Crippen LogP contribution in [-0.2, 0) is 43.3 Å². The highest BCUT2D eigenvalue weighted by atomic mass is 31.3. The Morgan fingerprint density at radius 1 is 0.763 bits per heavy atom. The number of phosphoric acid groups is 2. The molecule has 2 N–H and O–H groups in total. The Bertz CT molecular complexity index is 2560. The number of carbonyl (C=O) groups is 2. The molecule has 6 aromatic rings. The van der Waals surface area contributed by atoms with E-state index in [-0.39, 0.29) is 5.65 Å². The number of nitrogens with one attached hydrogen (secondary N) is 2. The summed E-state index contributed by atoms with van der Waals surface area (Å²) in [5.74, 6) is 0. The molecular weight excluding hydrogens is 808 g/mol. The maximum Gasteiger partial charge on any atom is 0.412 e. The van der Waals surface area contributed by atoms with Crippen molar-refractivity contribution >= 4 is 44.9 Å². The Kier molecular flexibility index (Phi) is 12.5. The van der Waals surface area contributed by atoms with Gasteiger partial charge in [-0.2, -0.15) is 0 Å². The first kappa shape index (κ1) is 41.2. The van der Waals surface area contributed by atoms with Crippen LogP contribution in [0.3, 0.4) is 0 Å². The number of para-hydroxylation sites is 2. The standard InChI is InChI=1S/C39H37N5O13P2/c1-26-17-19-28(20-18-26)31-23-44-33(42-31)21-22-43(39(44)47)36-35(56-38(46)41-30-15-9-4-10-16-30)34(55-37(45)40-29-13-7-3-8-14-29)32(54-36)25-53-59(50,51)57-58(48,49)52-24-27-11-5-2-6-12-27/h2-23,32,34-36H,24-25H2,1H3,(H,40,45)(H,41,46)(H,48,49)(H,50,51)/p-2/t32-,34+,35?,36-/m1/s1. The fourth-order valence-electron chi connectivity index (χ4n) is 6.04. The van der Waals surface area contributed by atoms with Crippen LogP contribution < -0.4 is 26.1 Å². The lowest BCUT2D eigenvalue weighted by Gasteiger charge is -2.31. The lowest BCUT2D eigenvalue weighted by Crippen LogP contribution is -2.43. The third-order valence-corrected chi connectivity index (χ3v) is 11.3. The summed E-state index contributed by atoms with van der Waals surface area (Å²) < 4.78 is 59.4. The Balaban J connectivity index is 1.20. The number of nitrogens with zero attached hydrogens (tertiary/aromatic N) is 3. The number of phosphoric ester groups is 2. The van der Waals surface area contributed by atoms with Crippen molar-refractivity contribution in [1.82, 2.24) is 14.0 Å². The van der Waals surface area contributed by atoms with Gasteiger partial charge in [-0.15, -0.1) is 0 Å². The maximum atomic E-state index is 14.2. The van der Waals surface area contributed by atoms with Crippen molar-refractivity contribution in [3.63, 3.8) is 0 Å². The number of amides is 2. The topological polar surface area (TPSA) is 233 Å². The molecule has 0 aliphatic carbocycles. The van der Waals surface area contributed by atoms with Crippen LogP contribution in [0.1, 0.15) is 17.4 Å². The fraction of sp³-hybridized carbons (Fsp3) is 0.179. The summed E-state index contributed by atoms with van der Waals surface area (Å²) in [6.07, 6.45) is -5.97. The van der Waals surface area contributed by atoms with Crippen molar-refractivity contribution in [1.29, 1.82) is 0 Å². The van der Waals surface area contributed by atoms with Gasteiger partial charge in [0.05, 0.1) is 18.9 Å². The van der Waals surface area contributed by atoms with E-state index in [1.807, 2.05) is 31.2 Å². The number of aryl methyl sites for hydroxylation is 1. The molecule has 3 unspecified atom stereocenters. The van der Waals surface area contributed by atoms with Gasteiger partial charge in [0.2, 0.25) is 0 Å². The molecule has 0 bridgehead atoms. The van der Waals surface area contributed by atoms with Crippen LogP contribution in [0.25, 0.3) is 16.9 Å². The number of anilines is 2. The van der Waals surface area contributed by atoms with E-state index < -0.39 is 71.3 Å². The highest BCUT2D eigenvalue weighted by Gasteiger charge is 2.52. The molecule has 0 saturated carbocycles. The number of aromatic nitrogens is 3. The second-order valence-electron chi connectivity index (χ2n) is 13.0. The van der Waals surface area contributed by atoms with E-state index in [0.29, 0.717) is 22.6 Å². The number of rotatable bonds is 14. The molecule has 18 nitrogen and oxygen atoms in total. The van der Waals surface area contributed by atoms with E-state index in [1.54, 1.807) is 91.0 Å². The summed E-state index contributed by atoms with van der Waals surface area (Å²) in [6, 6.07) is 33.3. The molecule has 4 aromatic carbocycles. The van der Waals surface area contributed by atoms with Crippen molar-refractivity contribution in [2.24, 2.45) is 0 Å². The van der Waals surface area contributed by atoms with Crippen LogP contribution in [0, 0.1) is 6.92 Å². The summed E-state index contributed by atoms with van der Waals surface area (Å²) in [7, 11) is -11.3. The fourth-order valence-corrected chi connectivity index (χ4v) is 8.03. The SMILES string of the molecule is Cc1ccc(-c2cn3c(=O)n([C@@H]4O[C@H](COP(=O)([O-])OP(=O)([O-])OCc5ccccc5)[C@H](OC(=O)Nc5ccccc5)C4OC(=O)Nc4ccccc4)ccc3n2)cc1. The summed E-state index contributed by atoms with van der Waals surface area (Å²) >= 11 is 0. The highest BCUT2D eigenvalue weighted by Crippen LogP contribution is 2.56. The van der Waals surface area contributed by atoms with E-state index in [1.165, 1.54) is 22.9 Å². The quantitative estimate of drug-likeness (QED) is 0.124. The van der Waals surface area contributed by atoms with Crippen molar-refractivity contribution in [2.45, 2.75) is 38.1 Å². The zero-order valence-electron chi connectivity index (χ0n) is 31.0. The number of fused-ring (bicyclic) bond motifs is 1. The number of hydrogen-bond acceptors (Lipinski definition) is 14.